The monoisotopic (exact) mass is 354 g/mol. The molecule has 2 aromatic heterocycles. The van der Waals surface area contributed by atoms with Crippen LogP contribution in [0.1, 0.15) is 59.8 Å². The first-order valence-corrected chi connectivity index (χ1v) is 9.85. The molecule has 0 unspecified atom stereocenters. The van der Waals surface area contributed by atoms with Gasteiger partial charge in [0.25, 0.3) is 0 Å². The van der Waals surface area contributed by atoms with Crippen LogP contribution in [-0.4, -0.2) is 25.9 Å². The second-order valence-corrected chi connectivity index (χ2v) is 5.71. The molecule has 0 spiro atoms. The molecule has 2 heterocycles. The standard InChI is InChI=1S/C17H18N4O.2C2H6/c1-3-7-13(8-4-1)17-19-18-15-11-12-16(20-21(15)17)22-14-9-5-2-6-10-14;2*1-2/h1,3-4,7-8,11-12,14H,2,5-6,9-10H2;2*1-2H3. The van der Waals surface area contributed by atoms with Gasteiger partial charge in [-0.1, -0.05) is 64.4 Å². The van der Waals surface area contributed by atoms with E-state index in [1.54, 1.807) is 4.52 Å². The fourth-order valence-corrected chi connectivity index (χ4v) is 2.96. The van der Waals surface area contributed by atoms with Crippen LogP contribution in [0.4, 0.5) is 0 Å². The van der Waals surface area contributed by atoms with Gasteiger partial charge in [-0.15, -0.1) is 15.3 Å². The predicted molar refractivity (Wildman–Crippen MR) is 106 cm³/mol. The highest BCUT2D eigenvalue weighted by atomic mass is 16.5. The van der Waals surface area contributed by atoms with Crippen LogP contribution in [0.2, 0.25) is 0 Å². The molecule has 0 amide bonds. The Hall–Kier alpha value is -2.43. The Bertz CT molecular complexity index is 764. The Morgan fingerprint density at radius 2 is 1.54 bits per heavy atom. The average Bonchev–Trinajstić information content (AvgIpc) is 3.16. The maximum Gasteiger partial charge on any atom is 0.232 e. The van der Waals surface area contributed by atoms with Crippen LogP contribution in [0, 0.1) is 0 Å². The first-order chi connectivity index (χ1) is 12.9. The second kappa shape index (κ2) is 10.5. The lowest BCUT2D eigenvalue weighted by Gasteiger charge is -2.22. The van der Waals surface area contributed by atoms with E-state index in [0.29, 0.717) is 5.88 Å². The summed E-state index contributed by atoms with van der Waals surface area (Å²) >= 11 is 0. The zero-order valence-corrected chi connectivity index (χ0v) is 16.4. The van der Waals surface area contributed by atoms with Gasteiger partial charge >= 0.3 is 0 Å². The minimum atomic E-state index is 0.287. The van der Waals surface area contributed by atoms with Gasteiger partial charge in [-0.3, -0.25) is 0 Å². The van der Waals surface area contributed by atoms with Crippen LogP contribution in [-0.2, 0) is 0 Å². The van der Waals surface area contributed by atoms with Gasteiger partial charge in [-0.2, -0.15) is 4.52 Å². The highest BCUT2D eigenvalue weighted by molar-refractivity contribution is 5.58. The first kappa shape index (κ1) is 19.9. The molecule has 0 radical (unpaired) electrons. The van der Waals surface area contributed by atoms with E-state index in [1.165, 1.54) is 19.3 Å². The van der Waals surface area contributed by atoms with Gasteiger partial charge in [0.05, 0.1) is 0 Å². The van der Waals surface area contributed by atoms with Gasteiger partial charge in [0.1, 0.15) is 6.10 Å². The van der Waals surface area contributed by atoms with Crippen molar-refractivity contribution >= 4 is 5.65 Å². The van der Waals surface area contributed by atoms with Crippen molar-refractivity contribution < 1.29 is 4.74 Å². The van der Waals surface area contributed by atoms with E-state index in [1.807, 2.05) is 70.2 Å². The molecule has 0 saturated heterocycles. The van der Waals surface area contributed by atoms with E-state index in [2.05, 4.69) is 15.3 Å². The highest BCUT2D eigenvalue weighted by Gasteiger charge is 2.16. The van der Waals surface area contributed by atoms with Crippen LogP contribution < -0.4 is 4.74 Å². The van der Waals surface area contributed by atoms with E-state index in [4.69, 9.17) is 4.74 Å². The van der Waals surface area contributed by atoms with E-state index in [0.717, 1.165) is 29.9 Å². The fraction of sp³-hybridized carbons (Fsp3) is 0.476. The Morgan fingerprint density at radius 1 is 0.846 bits per heavy atom. The zero-order chi connectivity index (χ0) is 18.8. The normalized spacial score (nSPS) is 14.0. The lowest BCUT2D eigenvalue weighted by atomic mass is 9.98. The van der Waals surface area contributed by atoms with Crippen molar-refractivity contribution in [3.63, 3.8) is 0 Å². The van der Waals surface area contributed by atoms with Crippen LogP contribution in [0.15, 0.2) is 42.5 Å². The molecule has 5 heteroatoms. The van der Waals surface area contributed by atoms with E-state index in [9.17, 15) is 0 Å². The largest absolute Gasteiger partial charge is 0.473 e. The van der Waals surface area contributed by atoms with Crippen LogP contribution >= 0.6 is 0 Å². The molecule has 26 heavy (non-hydrogen) atoms. The van der Waals surface area contributed by atoms with Crippen molar-refractivity contribution in [2.24, 2.45) is 0 Å². The molecule has 0 N–H and O–H groups in total. The van der Waals surface area contributed by atoms with Gasteiger partial charge in [0.2, 0.25) is 5.88 Å². The van der Waals surface area contributed by atoms with Gasteiger partial charge in [-0.05, 0) is 31.7 Å². The summed E-state index contributed by atoms with van der Waals surface area (Å²) in [6.07, 6.45) is 6.33. The summed E-state index contributed by atoms with van der Waals surface area (Å²) < 4.78 is 7.79. The van der Waals surface area contributed by atoms with Gasteiger partial charge < -0.3 is 4.74 Å². The Kier molecular flexibility index (Phi) is 8.06. The number of rotatable bonds is 3. The van der Waals surface area contributed by atoms with Crippen molar-refractivity contribution in [1.29, 1.82) is 0 Å². The molecule has 5 nitrogen and oxygen atoms in total. The molecule has 3 aromatic rings. The van der Waals surface area contributed by atoms with E-state index >= 15 is 0 Å². The third kappa shape index (κ3) is 4.81. The molecule has 4 rings (SSSR count). The molecule has 1 saturated carbocycles. The van der Waals surface area contributed by atoms with Gasteiger partial charge in [0.15, 0.2) is 11.5 Å². The number of benzene rings is 1. The fourth-order valence-electron chi connectivity index (χ4n) is 2.96. The lowest BCUT2D eigenvalue weighted by molar-refractivity contribution is 0.147. The molecule has 1 aromatic carbocycles. The van der Waals surface area contributed by atoms with Gasteiger partial charge in [0, 0.05) is 11.6 Å². The molecule has 0 aliphatic heterocycles. The highest BCUT2D eigenvalue weighted by Crippen LogP contribution is 2.23. The molecular formula is C21H30N4O. The van der Waals surface area contributed by atoms with Crippen molar-refractivity contribution in [2.75, 3.05) is 0 Å². The zero-order valence-electron chi connectivity index (χ0n) is 16.4. The molecular weight excluding hydrogens is 324 g/mol. The summed E-state index contributed by atoms with van der Waals surface area (Å²) in [7, 11) is 0. The van der Waals surface area contributed by atoms with Crippen molar-refractivity contribution in [1.82, 2.24) is 19.8 Å². The van der Waals surface area contributed by atoms with Crippen LogP contribution in [0.5, 0.6) is 5.88 Å². The van der Waals surface area contributed by atoms with E-state index in [-0.39, 0.29) is 6.10 Å². The molecule has 140 valence electrons. The Balaban J connectivity index is 0.000000570. The topological polar surface area (TPSA) is 52.3 Å². The maximum absolute atomic E-state index is 6.04. The van der Waals surface area contributed by atoms with Crippen LogP contribution in [0.3, 0.4) is 0 Å². The minimum Gasteiger partial charge on any atom is -0.473 e. The van der Waals surface area contributed by atoms with Crippen molar-refractivity contribution in [2.45, 2.75) is 65.9 Å². The number of hydrogen-bond donors (Lipinski definition) is 0. The lowest BCUT2D eigenvalue weighted by Crippen LogP contribution is -2.20. The molecule has 1 fully saturated rings. The molecule has 1 aliphatic carbocycles. The van der Waals surface area contributed by atoms with Gasteiger partial charge in [-0.25, -0.2) is 0 Å². The summed E-state index contributed by atoms with van der Waals surface area (Å²) in [4.78, 5) is 0. The molecule has 0 bridgehead atoms. The number of fused-ring (bicyclic) bond motifs is 1. The van der Waals surface area contributed by atoms with E-state index < -0.39 is 0 Å². The first-order valence-electron chi connectivity index (χ1n) is 9.85. The molecule has 1 aliphatic rings. The smallest absolute Gasteiger partial charge is 0.232 e. The number of nitrogens with zero attached hydrogens (tertiary/aromatic N) is 4. The van der Waals surface area contributed by atoms with Crippen LogP contribution in [0.25, 0.3) is 17.0 Å². The van der Waals surface area contributed by atoms with Crippen molar-refractivity contribution in [3.8, 4) is 17.3 Å². The predicted octanol–water partition coefficient (Wildman–Crippen LogP) is 5.56. The third-order valence-electron chi connectivity index (χ3n) is 4.11. The number of aromatic nitrogens is 4. The average molecular weight is 354 g/mol. The SMILES string of the molecule is CC.CC.c1ccc(-c2nnc3ccc(OC4CCCCC4)nn23)cc1. The Labute approximate surface area is 156 Å². The maximum atomic E-state index is 6.04. The quantitative estimate of drug-likeness (QED) is 0.618. The third-order valence-corrected chi connectivity index (χ3v) is 4.11. The minimum absolute atomic E-state index is 0.287. The summed E-state index contributed by atoms with van der Waals surface area (Å²) in [5, 5.41) is 13.0. The summed E-state index contributed by atoms with van der Waals surface area (Å²) in [5.41, 5.74) is 1.73. The summed E-state index contributed by atoms with van der Waals surface area (Å²) in [5.74, 6) is 1.39. The van der Waals surface area contributed by atoms with Crippen molar-refractivity contribution in [3.05, 3.63) is 42.5 Å². The second-order valence-electron chi connectivity index (χ2n) is 5.71. The number of hydrogen-bond acceptors (Lipinski definition) is 4. The Morgan fingerprint density at radius 3 is 2.23 bits per heavy atom. The summed E-state index contributed by atoms with van der Waals surface area (Å²) in [6.45, 7) is 8.00. The molecule has 0 atom stereocenters. The number of ether oxygens (including phenoxy) is 1. The summed E-state index contributed by atoms with van der Waals surface area (Å²) in [6, 6.07) is 13.8.